The van der Waals surface area contributed by atoms with Crippen LogP contribution >= 0.6 is 15.9 Å². The topological polar surface area (TPSA) is 3.24 Å². The molecule has 0 aliphatic carbocycles. The summed E-state index contributed by atoms with van der Waals surface area (Å²) < 4.78 is 1.07. The number of hydrogen-bond acceptors (Lipinski definition) is 1. The summed E-state index contributed by atoms with van der Waals surface area (Å²) in [5.74, 6) is 0. The van der Waals surface area contributed by atoms with E-state index in [9.17, 15) is 0 Å². The Labute approximate surface area is 162 Å². The van der Waals surface area contributed by atoms with Crippen LogP contribution in [0.1, 0.15) is 5.56 Å². The van der Waals surface area contributed by atoms with E-state index >= 15 is 0 Å². The zero-order valence-electron chi connectivity index (χ0n) is 14.3. The molecule has 4 aromatic rings. The van der Waals surface area contributed by atoms with Crippen molar-refractivity contribution in [1.82, 2.24) is 0 Å². The fraction of sp³-hybridized carbons (Fsp3) is 0. The number of anilines is 3. The first-order valence-corrected chi connectivity index (χ1v) is 9.31. The molecule has 0 bridgehead atoms. The van der Waals surface area contributed by atoms with Crippen molar-refractivity contribution in [3.05, 3.63) is 108 Å². The smallest absolute Gasteiger partial charge is 0.0540 e. The third kappa shape index (κ3) is 3.16. The van der Waals surface area contributed by atoms with Crippen LogP contribution in [-0.4, -0.2) is 0 Å². The molecular formula is C24H18BrN. The Morgan fingerprint density at radius 2 is 1.31 bits per heavy atom. The van der Waals surface area contributed by atoms with Gasteiger partial charge in [-0.25, -0.2) is 0 Å². The van der Waals surface area contributed by atoms with Gasteiger partial charge in [0, 0.05) is 21.2 Å². The van der Waals surface area contributed by atoms with Gasteiger partial charge >= 0.3 is 0 Å². The van der Waals surface area contributed by atoms with Gasteiger partial charge in [0.15, 0.2) is 0 Å². The van der Waals surface area contributed by atoms with Crippen LogP contribution < -0.4 is 4.90 Å². The number of hydrogen-bond donors (Lipinski definition) is 0. The summed E-state index contributed by atoms with van der Waals surface area (Å²) in [6.07, 6.45) is 1.87. The first-order valence-electron chi connectivity index (χ1n) is 8.52. The molecule has 4 aromatic carbocycles. The normalized spacial score (nSPS) is 10.7. The van der Waals surface area contributed by atoms with Crippen LogP contribution in [0.5, 0.6) is 0 Å². The van der Waals surface area contributed by atoms with E-state index in [-0.39, 0.29) is 0 Å². The maximum atomic E-state index is 3.85. The third-order valence-corrected chi connectivity index (χ3v) is 5.01. The molecule has 0 aliphatic heterocycles. The fourth-order valence-corrected chi connectivity index (χ4v) is 3.44. The Balaban J connectivity index is 1.94. The second kappa shape index (κ2) is 7.19. The van der Waals surface area contributed by atoms with Gasteiger partial charge in [0.2, 0.25) is 0 Å². The molecule has 0 fully saturated rings. The molecular weight excluding hydrogens is 382 g/mol. The average Bonchev–Trinajstić information content (AvgIpc) is 2.70. The van der Waals surface area contributed by atoms with Crippen molar-refractivity contribution < 1.29 is 0 Å². The van der Waals surface area contributed by atoms with E-state index in [0.29, 0.717) is 0 Å². The lowest BCUT2D eigenvalue weighted by molar-refractivity contribution is 1.29. The predicted molar refractivity (Wildman–Crippen MR) is 116 cm³/mol. The van der Waals surface area contributed by atoms with Crippen molar-refractivity contribution in [2.75, 3.05) is 4.90 Å². The van der Waals surface area contributed by atoms with Gasteiger partial charge in [0.25, 0.3) is 0 Å². The van der Waals surface area contributed by atoms with Gasteiger partial charge in [-0.15, -0.1) is 0 Å². The molecule has 0 spiro atoms. The van der Waals surface area contributed by atoms with Gasteiger partial charge < -0.3 is 4.90 Å². The monoisotopic (exact) mass is 399 g/mol. The Bertz CT molecular complexity index is 1040. The van der Waals surface area contributed by atoms with Crippen molar-refractivity contribution in [1.29, 1.82) is 0 Å². The highest BCUT2D eigenvalue weighted by atomic mass is 79.9. The van der Waals surface area contributed by atoms with Gasteiger partial charge in [-0.2, -0.15) is 0 Å². The zero-order valence-corrected chi connectivity index (χ0v) is 15.9. The van der Waals surface area contributed by atoms with Crippen LogP contribution in [0.15, 0.2) is 102 Å². The molecule has 2 heteroatoms. The number of rotatable bonds is 4. The molecule has 0 heterocycles. The second-order valence-corrected chi connectivity index (χ2v) is 7.02. The lowest BCUT2D eigenvalue weighted by Gasteiger charge is -2.27. The summed E-state index contributed by atoms with van der Waals surface area (Å²) in [7, 11) is 0. The molecule has 126 valence electrons. The van der Waals surface area contributed by atoms with Crippen molar-refractivity contribution in [2.45, 2.75) is 0 Å². The molecule has 0 N–H and O–H groups in total. The summed E-state index contributed by atoms with van der Waals surface area (Å²) in [4.78, 5) is 2.29. The third-order valence-electron chi connectivity index (χ3n) is 4.48. The van der Waals surface area contributed by atoms with E-state index in [4.69, 9.17) is 0 Å². The van der Waals surface area contributed by atoms with Gasteiger partial charge in [-0.1, -0.05) is 77.1 Å². The van der Waals surface area contributed by atoms with Crippen LogP contribution in [-0.2, 0) is 0 Å². The van der Waals surface area contributed by atoms with Crippen molar-refractivity contribution in [3.8, 4) is 0 Å². The molecule has 0 unspecified atom stereocenters. The molecule has 0 saturated heterocycles. The molecule has 4 rings (SSSR count). The van der Waals surface area contributed by atoms with Crippen molar-refractivity contribution in [2.24, 2.45) is 0 Å². The molecule has 0 aromatic heterocycles. The van der Waals surface area contributed by atoms with Crippen LogP contribution in [0, 0.1) is 0 Å². The minimum atomic E-state index is 1.07. The standard InChI is InChI=1S/C24H18BrN/c1-2-18-10-14-21(15-11-18)26(22-16-12-20(25)13-17-22)24-9-5-7-19-6-3-4-8-23(19)24/h2-17H,1H2. The summed E-state index contributed by atoms with van der Waals surface area (Å²) in [6, 6.07) is 31.8. The number of fused-ring (bicyclic) bond motifs is 1. The number of halogens is 1. The van der Waals surface area contributed by atoms with E-state index in [1.54, 1.807) is 0 Å². The van der Waals surface area contributed by atoms with E-state index in [0.717, 1.165) is 27.1 Å². The molecule has 1 nitrogen and oxygen atoms in total. The molecule has 0 aliphatic rings. The molecule has 0 saturated carbocycles. The maximum Gasteiger partial charge on any atom is 0.0540 e. The highest BCUT2D eigenvalue weighted by Gasteiger charge is 2.14. The van der Waals surface area contributed by atoms with Crippen LogP contribution in [0.3, 0.4) is 0 Å². The predicted octanol–water partition coefficient (Wildman–Crippen LogP) is 7.72. The van der Waals surface area contributed by atoms with Gasteiger partial charge in [-0.3, -0.25) is 0 Å². The first-order chi connectivity index (χ1) is 12.8. The summed E-state index contributed by atoms with van der Waals surface area (Å²) >= 11 is 3.54. The molecule has 0 radical (unpaired) electrons. The van der Waals surface area contributed by atoms with Crippen molar-refractivity contribution >= 4 is 49.8 Å². The van der Waals surface area contributed by atoms with Gasteiger partial charge in [-0.05, 0) is 53.4 Å². The lowest BCUT2D eigenvalue weighted by Crippen LogP contribution is -2.10. The van der Waals surface area contributed by atoms with Gasteiger partial charge in [0.1, 0.15) is 0 Å². The Morgan fingerprint density at radius 3 is 2.00 bits per heavy atom. The Kier molecular flexibility index (Phi) is 4.59. The quantitative estimate of drug-likeness (QED) is 0.339. The van der Waals surface area contributed by atoms with E-state index < -0.39 is 0 Å². The Morgan fingerprint density at radius 1 is 0.692 bits per heavy atom. The maximum absolute atomic E-state index is 3.85. The highest BCUT2D eigenvalue weighted by Crippen LogP contribution is 2.39. The number of nitrogens with zero attached hydrogens (tertiary/aromatic N) is 1. The number of benzene rings is 4. The van der Waals surface area contributed by atoms with Crippen LogP contribution in [0.25, 0.3) is 16.8 Å². The summed E-state index contributed by atoms with van der Waals surface area (Å²) in [6.45, 7) is 3.85. The molecule has 0 atom stereocenters. The summed E-state index contributed by atoms with van der Waals surface area (Å²) in [5.41, 5.74) is 4.52. The molecule has 0 amide bonds. The summed E-state index contributed by atoms with van der Waals surface area (Å²) in [5, 5.41) is 2.46. The van der Waals surface area contributed by atoms with Crippen molar-refractivity contribution in [3.63, 3.8) is 0 Å². The minimum absolute atomic E-state index is 1.07. The zero-order chi connectivity index (χ0) is 17.9. The van der Waals surface area contributed by atoms with E-state index in [2.05, 4.69) is 118 Å². The van der Waals surface area contributed by atoms with Crippen LogP contribution in [0.2, 0.25) is 0 Å². The van der Waals surface area contributed by atoms with Crippen LogP contribution in [0.4, 0.5) is 17.1 Å². The minimum Gasteiger partial charge on any atom is -0.310 e. The SMILES string of the molecule is C=Cc1ccc(N(c2ccc(Br)cc2)c2cccc3ccccc23)cc1. The second-order valence-electron chi connectivity index (χ2n) is 6.11. The Hall–Kier alpha value is -2.84. The van der Waals surface area contributed by atoms with E-state index in [1.807, 2.05) is 6.08 Å². The van der Waals surface area contributed by atoms with E-state index in [1.165, 1.54) is 10.8 Å². The fourth-order valence-electron chi connectivity index (χ4n) is 3.18. The van der Waals surface area contributed by atoms with Gasteiger partial charge in [0.05, 0.1) is 5.69 Å². The molecule has 26 heavy (non-hydrogen) atoms. The lowest BCUT2D eigenvalue weighted by atomic mass is 10.1. The largest absolute Gasteiger partial charge is 0.310 e. The highest BCUT2D eigenvalue weighted by molar-refractivity contribution is 9.10. The first kappa shape index (κ1) is 16.6. The average molecular weight is 400 g/mol.